The Balaban J connectivity index is 1.65. The van der Waals surface area contributed by atoms with E-state index in [1.165, 1.54) is 48.6 Å². The largest absolute Gasteiger partial charge is 0.311 e. The van der Waals surface area contributed by atoms with E-state index in [0.717, 1.165) is 6.04 Å². The van der Waals surface area contributed by atoms with Crippen LogP contribution in [0.5, 0.6) is 0 Å². The van der Waals surface area contributed by atoms with Crippen LogP contribution in [0.25, 0.3) is 0 Å². The molecule has 0 amide bonds. The molecule has 16 heavy (non-hydrogen) atoms. The Hall–Kier alpha value is -0.340. The summed E-state index contributed by atoms with van der Waals surface area (Å²) < 4.78 is 1.22. The van der Waals surface area contributed by atoms with Crippen LogP contribution in [0.1, 0.15) is 36.8 Å². The number of benzene rings is 1. The minimum Gasteiger partial charge on any atom is -0.311 e. The third-order valence-electron chi connectivity index (χ3n) is 3.93. The Morgan fingerprint density at radius 3 is 2.56 bits per heavy atom. The highest BCUT2D eigenvalue weighted by atomic mass is 79.9. The zero-order valence-corrected chi connectivity index (χ0v) is 11.1. The monoisotopic (exact) mass is 279 g/mol. The molecule has 0 spiro atoms. The van der Waals surface area contributed by atoms with Crippen LogP contribution >= 0.6 is 15.9 Å². The van der Waals surface area contributed by atoms with Crippen LogP contribution in [0.4, 0.5) is 0 Å². The third kappa shape index (κ3) is 2.18. The van der Waals surface area contributed by atoms with Crippen molar-refractivity contribution < 1.29 is 0 Å². The molecule has 86 valence electrons. The topological polar surface area (TPSA) is 12.0 Å². The Bertz CT molecular complexity index is 382. The fourth-order valence-electron chi connectivity index (χ4n) is 3.13. The van der Waals surface area contributed by atoms with Crippen molar-refractivity contribution in [2.75, 3.05) is 0 Å². The first kappa shape index (κ1) is 10.8. The minimum atomic E-state index is 0.687. The predicted octanol–water partition coefficient (Wildman–Crippen LogP) is 3.45. The second-order valence-electron chi connectivity index (χ2n) is 5.17. The number of hydrogen-bond acceptors (Lipinski definition) is 1. The van der Waals surface area contributed by atoms with E-state index in [2.05, 4.69) is 39.4 Å². The van der Waals surface area contributed by atoms with Gasteiger partial charge in [-0.1, -0.05) is 34.8 Å². The van der Waals surface area contributed by atoms with Gasteiger partial charge in [0.2, 0.25) is 0 Å². The predicted molar refractivity (Wildman–Crippen MR) is 70.7 cm³/mol. The maximum atomic E-state index is 3.83. The number of halogens is 1. The van der Waals surface area contributed by atoms with Crippen molar-refractivity contribution in [2.45, 2.75) is 50.6 Å². The summed E-state index contributed by atoms with van der Waals surface area (Å²) in [6, 6.07) is 8.20. The molecule has 3 rings (SSSR count). The second kappa shape index (κ2) is 4.50. The maximum absolute atomic E-state index is 3.83. The molecule has 2 aliphatic carbocycles. The fourth-order valence-corrected chi connectivity index (χ4v) is 3.54. The molecule has 0 saturated heterocycles. The molecule has 1 atom stereocenters. The van der Waals surface area contributed by atoms with E-state index in [1.807, 2.05) is 0 Å². The van der Waals surface area contributed by atoms with Gasteiger partial charge in [0.1, 0.15) is 0 Å². The molecule has 0 aliphatic heterocycles. The molecule has 2 aliphatic rings. The van der Waals surface area contributed by atoms with E-state index >= 15 is 0 Å². The Morgan fingerprint density at radius 2 is 1.75 bits per heavy atom. The Labute approximate surface area is 106 Å². The summed E-state index contributed by atoms with van der Waals surface area (Å²) in [6.45, 7) is 0. The summed E-state index contributed by atoms with van der Waals surface area (Å²) in [5, 5.41) is 3.83. The van der Waals surface area contributed by atoms with Crippen molar-refractivity contribution in [3.8, 4) is 0 Å². The lowest BCUT2D eigenvalue weighted by atomic mass is 10.1. The fraction of sp³-hybridized carbons (Fsp3) is 0.571. The highest BCUT2D eigenvalue weighted by Gasteiger charge is 2.25. The Morgan fingerprint density at radius 1 is 1.00 bits per heavy atom. The SMILES string of the molecule is Brc1ccc2c(c1)CC(NC1CCCC1)C2. The molecular weight excluding hydrogens is 262 g/mol. The molecular formula is C14H18BrN. The number of hydrogen-bond donors (Lipinski definition) is 1. The summed E-state index contributed by atoms with van der Waals surface area (Å²) in [7, 11) is 0. The van der Waals surface area contributed by atoms with Gasteiger partial charge in [0.15, 0.2) is 0 Å². The molecule has 0 radical (unpaired) electrons. The summed E-state index contributed by atoms with van der Waals surface area (Å²) >= 11 is 3.55. The van der Waals surface area contributed by atoms with Crippen LogP contribution in [0.15, 0.2) is 22.7 Å². The first-order valence-corrected chi connectivity index (χ1v) is 7.14. The second-order valence-corrected chi connectivity index (χ2v) is 6.08. The molecule has 1 fully saturated rings. The van der Waals surface area contributed by atoms with Crippen LogP contribution in [0.3, 0.4) is 0 Å². The van der Waals surface area contributed by atoms with E-state index in [4.69, 9.17) is 0 Å². The summed E-state index contributed by atoms with van der Waals surface area (Å²) in [5.41, 5.74) is 3.07. The zero-order valence-electron chi connectivity index (χ0n) is 9.51. The first-order chi connectivity index (χ1) is 7.81. The summed E-state index contributed by atoms with van der Waals surface area (Å²) in [5.74, 6) is 0. The normalized spacial score (nSPS) is 24.9. The van der Waals surface area contributed by atoms with Gasteiger partial charge in [-0.05, 0) is 48.9 Å². The molecule has 1 unspecified atom stereocenters. The van der Waals surface area contributed by atoms with Crippen LogP contribution in [-0.2, 0) is 12.8 Å². The molecule has 0 aromatic heterocycles. The van der Waals surface area contributed by atoms with Crippen LogP contribution < -0.4 is 5.32 Å². The van der Waals surface area contributed by atoms with E-state index in [1.54, 1.807) is 5.56 Å². The van der Waals surface area contributed by atoms with Crippen molar-refractivity contribution >= 4 is 15.9 Å². The molecule has 0 heterocycles. The first-order valence-electron chi connectivity index (χ1n) is 6.34. The molecule has 1 saturated carbocycles. The average molecular weight is 280 g/mol. The van der Waals surface area contributed by atoms with Crippen molar-refractivity contribution in [2.24, 2.45) is 0 Å². The van der Waals surface area contributed by atoms with E-state index in [0.29, 0.717) is 6.04 Å². The van der Waals surface area contributed by atoms with Gasteiger partial charge in [0.05, 0.1) is 0 Å². The molecule has 1 nitrogen and oxygen atoms in total. The number of rotatable bonds is 2. The van der Waals surface area contributed by atoms with Gasteiger partial charge in [-0.25, -0.2) is 0 Å². The van der Waals surface area contributed by atoms with Crippen molar-refractivity contribution in [1.82, 2.24) is 5.32 Å². The van der Waals surface area contributed by atoms with Gasteiger partial charge in [0, 0.05) is 16.6 Å². The summed E-state index contributed by atoms with van der Waals surface area (Å²) in [6.07, 6.45) is 8.04. The van der Waals surface area contributed by atoms with Crippen LogP contribution in [0, 0.1) is 0 Å². The van der Waals surface area contributed by atoms with Gasteiger partial charge in [0.25, 0.3) is 0 Å². The van der Waals surface area contributed by atoms with E-state index in [9.17, 15) is 0 Å². The van der Waals surface area contributed by atoms with Gasteiger partial charge in [-0.2, -0.15) is 0 Å². The summed E-state index contributed by atoms with van der Waals surface area (Å²) in [4.78, 5) is 0. The third-order valence-corrected chi connectivity index (χ3v) is 4.42. The van der Waals surface area contributed by atoms with Crippen molar-refractivity contribution in [3.05, 3.63) is 33.8 Å². The van der Waals surface area contributed by atoms with Crippen LogP contribution in [-0.4, -0.2) is 12.1 Å². The molecule has 1 N–H and O–H groups in total. The van der Waals surface area contributed by atoms with Gasteiger partial charge >= 0.3 is 0 Å². The van der Waals surface area contributed by atoms with Gasteiger partial charge in [-0.3, -0.25) is 0 Å². The van der Waals surface area contributed by atoms with Gasteiger partial charge < -0.3 is 5.32 Å². The molecule has 1 aromatic carbocycles. The lowest BCUT2D eigenvalue weighted by Gasteiger charge is -2.17. The highest BCUT2D eigenvalue weighted by Crippen LogP contribution is 2.27. The van der Waals surface area contributed by atoms with E-state index in [-0.39, 0.29) is 0 Å². The smallest absolute Gasteiger partial charge is 0.0178 e. The maximum Gasteiger partial charge on any atom is 0.0178 e. The minimum absolute atomic E-state index is 0.687. The zero-order chi connectivity index (χ0) is 11.0. The molecule has 1 aromatic rings. The van der Waals surface area contributed by atoms with Crippen molar-refractivity contribution in [3.63, 3.8) is 0 Å². The Kier molecular flexibility index (Phi) is 3.03. The van der Waals surface area contributed by atoms with Crippen molar-refractivity contribution in [1.29, 1.82) is 0 Å². The molecule has 0 bridgehead atoms. The lowest BCUT2D eigenvalue weighted by Crippen LogP contribution is -2.37. The quantitative estimate of drug-likeness (QED) is 0.875. The average Bonchev–Trinajstić information content (AvgIpc) is 2.86. The lowest BCUT2D eigenvalue weighted by molar-refractivity contribution is 0.440. The van der Waals surface area contributed by atoms with Crippen LogP contribution in [0.2, 0.25) is 0 Å². The van der Waals surface area contributed by atoms with E-state index < -0.39 is 0 Å². The number of fused-ring (bicyclic) bond motifs is 1. The standard InChI is InChI=1S/C14H18BrN/c15-12-6-5-10-8-14(9-11(10)7-12)16-13-3-1-2-4-13/h5-7,13-14,16H,1-4,8-9H2. The number of nitrogens with one attached hydrogen (secondary N) is 1. The molecule has 2 heteroatoms. The highest BCUT2D eigenvalue weighted by molar-refractivity contribution is 9.10. The van der Waals surface area contributed by atoms with Gasteiger partial charge in [-0.15, -0.1) is 0 Å².